The van der Waals surface area contributed by atoms with Crippen LogP contribution in [-0.4, -0.2) is 23.3 Å². The van der Waals surface area contributed by atoms with Crippen molar-refractivity contribution in [1.29, 1.82) is 0 Å². The molecule has 0 amide bonds. The van der Waals surface area contributed by atoms with Crippen molar-refractivity contribution in [3.05, 3.63) is 22.3 Å². The molecule has 0 bridgehead atoms. The lowest BCUT2D eigenvalue weighted by Crippen LogP contribution is -2.26. The van der Waals surface area contributed by atoms with Gasteiger partial charge in [0.1, 0.15) is 11.5 Å². The highest BCUT2D eigenvalue weighted by Gasteiger charge is 2.28. The Morgan fingerprint density at radius 1 is 0.886 bits per heavy atom. The summed E-state index contributed by atoms with van der Waals surface area (Å²) >= 11 is 0. The van der Waals surface area contributed by atoms with Crippen molar-refractivity contribution in [2.24, 2.45) is 17.8 Å². The topological polar surface area (TPSA) is 55.8 Å². The molecule has 2 rings (SSSR count). The number of carboxylic acids is 1. The minimum Gasteiger partial charge on any atom is -0.490 e. The third-order valence-corrected chi connectivity index (χ3v) is 8.05. The van der Waals surface area contributed by atoms with Crippen molar-refractivity contribution >= 4 is 5.97 Å². The minimum absolute atomic E-state index is 0.276. The summed E-state index contributed by atoms with van der Waals surface area (Å²) in [7, 11) is 0. The first-order chi connectivity index (χ1) is 16.5. The van der Waals surface area contributed by atoms with Gasteiger partial charge < -0.3 is 14.6 Å². The molecule has 0 radical (unpaired) electrons. The number of carbonyl (C=O) groups is 1. The van der Waals surface area contributed by atoms with E-state index in [4.69, 9.17) is 9.47 Å². The number of rotatable bonds is 15. The van der Waals surface area contributed by atoms with Gasteiger partial charge in [-0.25, -0.2) is 4.79 Å². The van der Waals surface area contributed by atoms with E-state index >= 15 is 0 Å². The van der Waals surface area contributed by atoms with Gasteiger partial charge in [0.2, 0.25) is 0 Å². The van der Waals surface area contributed by atoms with Gasteiger partial charge >= 0.3 is 5.97 Å². The average Bonchev–Trinajstić information content (AvgIpc) is 2.79. The maximum Gasteiger partial charge on any atom is 0.344 e. The van der Waals surface area contributed by atoms with Crippen LogP contribution in [0.15, 0.2) is 0 Å². The second-order valence-electron chi connectivity index (χ2n) is 11.8. The minimum atomic E-state index is -0.944. The Labute approximate surface area is 215 Å². The second-order valence-corrected chi connectivity index (χ2v) is 11.8. The van der Waals surface area contributed by atoms with E-state index in [1.165, 1.54) is 56.9 Å². The zero-order chi connectivity index (χ0) is 26.1. The molecule has 35 heavy (non-hydrogen) atoms. The number of hydrogen-bond donors (Lipinski definition) is 1. The molecule has 0 spiro atoms. The SMILES string of the molecule is Cc1c(C)c2c(c(C)c1O[C@H](C)C(=O)O)CCC(CCC[C@H](C)CCC[C@H](C)CCCC(C)C)O2. The standard InChI is InChI=1S/C31H52O4/c1-20(2)12-9-13-21(3)14-10-15-22(4)16-11-17-27-18-19-28-25(7)29(34-26(8)31(32)33)23(5)24(6)30(28)35-27/h20-22,26-27H,9-19H2,1-8H3,(H,32,33)/t21-,22-,26-,27?/m1/s1. The Morgan fingerprint density at radius 2 is 1.46 bits per heavy atom. The van der Waals surface area contributed by atoms with Crippen LogP contribution in [0.1, 0.15) is 121 Å². The number of aliphatic carboxylic acids is 1. The van der Waals surface area contributed by atoms with Gasteiger partial charge in [0, 0.05) is 5.56 Å². The van der Waals surface area contributed by atoms with Crippen molar-refractivity contribution in [1.82, 2.24) is 0 Å². The van der Waals surface area contributed by atoms with E-state index < -0.39 is 12.1 Å². The molecule has 1 aromatic rings. The summed E-state index contributed by atoms with van der Waals surface area (Å²) < 4.78 is 12.3. The predicted molar refractivity (Wildman–Crippen MR) is 146 cm³/mol. The third kappa shape index (κ3) is 9.03. The van der Waals surface area contributed by atoms with E-state index in [-0.39, 0.29) is 6.10 Å². The van der Waals surface area contributed by atoms with E-state index in [9.17, 15) is 9.90 Å². The third-order valence-electron chi connectivity index (χ3n) is 8.05. The lowest BCUT2D eigenvalue weighted by molar-refractivity contribution is -0.144. The van der Waals surface area contributed by atoms with Crippen LogP contribution in [0, 0.1) is 38.5 Å². The Bertz CT molecular complexity index is 813. The molecule has 1 unspecified atom stereocenters. The summed E-state index contributed by atoms with van der Waals surface area (Å²) in [4.78, 5) is 11.3. The first-order valence-corrected chi connectivity index (χ1v) is 14.2. The second kappa shape index (κ2) is 14.1. The van der Waals surface area contributed by atoms with Crippen molar-refractivity contribution < 1.29 is 19.4 Å². The number of benzene rings is 1. The van der Waals surface area contributed by atoms with Crippen molar-refractivity contribution in [2.45, 2.75) is 138 Å². The highest BCUT2D eigenvalue weighted by atomic mass is 16.5. The molecule has 0 aromatic heterocycles. The summed E-state index contributed by atoms with van der Waals surface area (Å²) in [5.74, 6) is 3.26. The summed E-state index contributed by atoms with van der Waals surface area (Å²) in [5.41, 5.74) is 4.29. The van der Waals surface area contributed by atoms with E-state index in [2.05, 4.69) is 34.6 Å². The smallest absolute Gasteiger partial charge is 0.344 e. The molecule has 200 valence electrons. The molecule has 0 saturated heterocycles. The zero-order valence-corrected chi connectivity index (χ0v) is 23.8. The number of hydrogen-bond acceptors (Lipinski definition) is 3. The monoisotopic (exact) mass is 488 g/mol. The highest BCUT2D eigenvalue weighted by Crippen LogP contribution is 2.42. The van der Waals surface area contributed by atoms with Gasteiger partial charge in [0.25, 0.3) is 0 Å². The van der Waals surface area contributed by atoms with Gasteiger partial charge in [-0.15, -0.1) is 0 Å². The number of carboxylic acid groups (broad SMARTS) is 1. The molecule has 1 heterocycles. The fourth-order valence-electron chi connectivity index (χ4n) is 5.43. The first kappa shape index (κ1) is 29.5. The normalized spacial score (nSPS) is 18.0. The zero-order valence-electron chi connectivity index (χ0n) is 23.8. The van der Waals surface area contributed by atoms with E-state index in [0.29, 0.717) is 5.75 Å². The van der Waals surface area contributed by atoms with E-state index in [1.54, 1.807) is 6.92 Å². The van der Waals surface area contributed by atoms with Gasteiger partial charge in [0.05, 0.1) is 6.10 Å². The summed E-state index contributed by atoms with van der Waals surface area (Å²) in [6.07, 6.45) is 13.2. The first-order valence-electron chi connectivity index (χ1n) is 14.2. The largest absolute Gasteiger partial charge is 0.490 e. The molecule has 1 N–H and O–H groups in total. The summed E-state index contributed by atoms with van der Waals surface area (Å²) in [5, 5.41) is 9.26. The van der Waals surface area contributed by atoms with Crippen molar-refractivity contribution in [2.75, 3.05) is 0 Å². The Morgan fingerprint density at radius 3 is 2.03 bits per heavy atom. The molecule has 0 aliphatic carbocycles. The average molecular weight is 489 g/mol. The summed E-state index contributed by atoms with van der Waals surface area (Å²) in [6, 6.07) is 0. The Kier molecular flexibility index (Phi) is 11.9. The maximum absolute atomic E-state index is 11.3. The lowest BCUT2D eigenvalue weighted by Gasteiger charge is -2.31. The van der Waals surface area contributed by atoms with Crippen LogP contribution in [0.2, 0.25) is 0 Å². The van der Waals surface area contributed by atoms with Crippen LogP contribution < -0.4 is 9.47 Å². The van der Waals surface area contributed by atoms with Crippen molar-refractivity contribution in [3.8, 4) is 11.5 Å². The highest BCUT2D eigenvalue weighted by molar-refractivity contribution is 5.72. The Hall–Kier alpha value is -1.71. The molecule has 1 aromatic carbocycles. The summed E-state index contributed by atoms with van der Waals surface area (Å²) in [6.45, 7) is 17.2. The van der Waals surface area contributed by atoms with Gasteiger partial charge in [-0.1, -0.05) is 72.6 Å². The molecule has 4 atom stereocenters. The molecule has 0 saturated carbocycles. The van der Waals surface area contributed by atoms with Crippen LogP contribution >= 0.6 is 0 Å². The quantitative estimate of drug-likeness (QED) is 0.268. The van der Waals surface area contributed by atoms with Gasteiger partial charge in [-0.2, -0.15) is 0 Å². The predicted octanol–water partition coefficient (Wildman–Crippen LogP) is 8.60. The fourth-order valence-corrected chi connectivity index (χ4v) is 5.43. The molecule has 1 aliphatic heterocycles. The number of fused-ring (bicyclic) bond motifs is 1. The lowest BCUT2D eigenvalue weighted by atomic mass is 9.89. The Balaban J connectivity index is 1.79. The van der Waals surface area contributed by atoms with Crippen LogP contribution in [0.4, 0.5) is 0 Å². The van der Waals surface area contributed by atoms with Gasteiger partial charge in [-0.05, 0) is 87.8 Å². The molecule has 0 fully saturated rings. The molecule has 1 aliphatic rings. The van der Waals surface area contributed by atoms with Crippen LogP contribution in [0.5, 0.6) is 11.5 Å². The van der Waals surface area contributed by atoms with Crippen LogP contribution in [0.3, 0.4) is 0 Å². The number of ether oxygens (including phenoxy) is 2. The molecular formula is C31H52O4. The van der Waals surface area contributed by atoms with Gasteiger partial charge in [0.15, 0.2) is 6.10 Å². The molecule has 4 nitrogen and oxygen atoms in total. The van der Waals surface area contributed by atoms with Crippen LogP contribution in [-0.2, 0) is 11.2 Å². The fraction of sp³-hybridized carbons (Fsp3) is 0.774. The van der Waals surface area contributed by atoms with Crippen molar-refractivity contribution in [3.63, 3.8) is 0 Å². The van der Waals surface area contributed by atoms with Crippen LogP contribution in [0.25, 0.3) is 0 Å². The van der Waals surface area contributed by atoms with E-state index in [0.717, 1.165) is 59.5 Å². The maximum atomic E-state index is 11.3. The van der Waals surface area contributed by atoms with E-state index in [1.807, 2.05) is 13.8 Å². The molecule has 4 heteroatoms. The molecular weight excluding hydrogens is 436 g/mol. The van der Waals surface area contributed by atoms with Gasteiger partial charge in [-0.3, -0.25) is 0 Å².